The molecule has 0 aromatic carbocycles. The van der Waals surface area contributed by atoms with Gasteiger partial charge in [-0.25, -0.2) is 0 Å². The van der Waals surface area contributed by atoms with Gasteiger partial charge in [-0.05, 0) is 13.0 Å². The molecule has 0 saturated heterocycles. The Morgan fingerprint density at radius 2 is 2.28 bits per heavy atom. The van der Waals surface area contributed by atoms with Gasteiger partial charge in [0.2, 0.25) is 0 Å². The van der Waals surface area contributed by atoms with Gasteiger partial charge in [0.1, 0.15) is 11.5 Å². The molecule has 0 saturated carbocycles. The van der Waals surface area contributed by atoms with Crippen molar-refractivity contribution in [3.8, 4) is 5.75 Å². The van der Waals surface area contributed by atoms with Crippen LogP contribution >= 0.6 is 0 Å². The molecule has 5 heteroatoms. The number of aromatic nitrogens is 2. The van der Waals surface area contributed by atoms with Crippen LogP contribution in [0.25, 0.3) is 0 Å². The predicted octanol–water partition coefficient (Wildman–Crippen LogP) is 2.12. The number of furan rings is 1. The lowest BCUT2D eigenvalue weighted by molar-refractivity contribution is 0.404. The molecule has 0 amide bonds. The third-order valence-electron chi connectivity index (χ3n) is 3.09. The highest BCUT2D eigenvalue weighted by molar-refractivity contribution is 5.37. The second-order valence-electron chi connectivity index (χ2n) is 4.04. The van der Waals surface area contributed by atoms with Gasteiger partial charge in [-0.2, -0.15) is 5.10 Å². The molecule has 0 spiro atoms. The monoisotopic (exact) mass is 249 g/mol. The lowest BCUT2D eigenvalue weighted by Crippen LogP contribution is -2.18. The van der Waals surface area contributed by atoms with Crippen LogP contribution in [-0.4, -0.2) is 16.9 Å². The van der Waals surface area contributed by atoms with Crippen molar-refractivity contribution in [3.63, 3.8) is 0 Å². The van der Waals surface area contributed by atoms with Gasteiger partial charge in [0.05, 0.1) is 25.6 Å². The standard InChI is InChI=1S/C13H19N3O2/c1-4-10-9(6-7-18-10)12(14)13-11(17-3)8-15-16(13)5-2/h6-8,12H,4-5,14H2,1-3H3. The van der Waals surface area contributed by atoms with Crippen LogP contribution in [0.2, 0.25) is 0 Å². The van der Waals surface area contributed by atoms with Crippen LogP contribution in [-0.2, 0) is 13.0 Å². The Kier molecular flexibility index (Phi) is 3.72. The van der Waals surface area contributed by atoms with Crippen molar-refractivity contribution in [3.05, 3.63) is 35.5 Å². The summed E-state index contributed by atoms with van der Waals surface area (Å²) in [6.45, 7) is 4.83. The second kappa shape index (κ2) is 5.27. The minimum absolute atomic E-state index is 0.281. The number of nitrogens with two attached hydrogens (primary N) is 1. The fraction of sp³-hybridized carbons (Fsp3) is 0.462. The van der Waals surface area contributed by atoms with Crippen molar-refractivity contribution in [2.24, 2.45) is 5.73 Å². The Balaban J connectivity index is 2.44. The van der Waals surface area contributed by atoms with Gasteiger partial charge in [0.25, 0.3) is 0 Å². The molecule has 0 aliphatic carbocycles. The number of methoxy groups -OCH3 is 1. The summed E-state index contributed by atoms with van der Waals surface area (Å²) in [7, 11) is 1.63. The molecule has 2 aromatic rings. The number of ether oxygens (including phenoxy) is 1. The summed E-state index contributed by atoms with van der Waals surface area (Å²) in [6, 6.07) is 1.63. The number of nitrogens with zero attached hydrogens (tertiary/aromatic N) is 2. The highest BCUT2D eigenvalue weighted by atomic mass is 16.5. The van der Waals surface area contributed by atoms with Crippen molar-refractivity contribution < 1.29 is 9.15 Å². The van der Waals surface area contributed by atoms with E-state index in [-0.39, 0.29) is 6.04 Å². The first kappa shape index (κ1) is 12.7. The molecule has 2 aromatic heterocycles. The highest BCUT2D eigenvalue weighted by Gasteiger charge is 2.22. The minimum atomic E-state index is -0.281. The lowest BCUT2D eigenvalue weighted by atomic mass is 10.0. The number of hydrogen-bond donors (Lipinski definition) is 1. The van der Waals surface area contributed by atoms with Gasteiger partial charge in [0, 0.05) is 18.5 Å². The van der Waals surface area contributed by atoms with Gasteiger partial charge < -0.3 is 14.9 Å². The van der Waals surface area contributed by atoms with Gasteiger partial charge in [-0.3, -0.25) is 4.68 Å². The van der Waals surface area contributed by atoms with E-state index in [1.807, 2.05) is 24.6 Å². The van der Waals surface area contributed by atoms with Gasteiger partial charge in [0.15, 0.2) is 5.75 Å². The fourth-order valence-corrected chi connectivity index (χ4v) is 2.16. The van der Waals surface area contributed by atoms with Gasteiger partial charge in [-0.1, -0.05) is 6.92 Å². The van der Waals surface area contributed by atoms with Crippen molar-refractivity contribution in [1.29, 1.82) is 0 Å². The summed E-state index contributed by atoms with van der Waals surface area (Å²) in [5.41, 5.74) is 8.21. The third kappa shape index (κ3) is 2.01. The van der Waals surface area contributed by atoms with E-state index in [0.29, 0.717) is 5.75 Å². The van der Waals surface area contributed by atoms with Crippen LogP contribution in [0.1, 0.15) is 36.9 Å². The zero-order chi connectivity index (χ0) is 13.1. The molecule has 0 radical (unpaired) electrons. The number of aryl methyl sites for hydroxylation is 2. The highest BCUT2D eigenvalue weighted by Crippen LogP contribution is 2.30. The number of hydrogen-bond acceptors (Lipinski definition) is 4. The van der Waals surface area contributed by atoms with E-state index in [1.165, 1.54) is 0 Å². The summed E-state index contributed by atoms with van der Waals surface area (Å²) in [5, 5.41) is 4.27. The average Bonchev–Trinajstić information content (AvgIpc) is 3.03. The first-order chi connectivity index (χ1) is 8.72. The molecular formula is C13H19N3O2. The topological polar surface area (TPSA) is 66.2 Å². The summed E-state index contributed by atoms with van der Waals surface area (Å²) >= 11 is 0. The minimum Gasteiger partial charge on any atom is -0.493 e. The molecule has 2 heterocycles. The van der Waals surface area contributed by atoms with Crippen LogP contribution in [0.5, 0.6) is 5.75 Å². The largest absolute Gasteiger partial charge is 0.493 e. The zero-order valence-corrected chi connectivity index (χ0v) is 11.0. The molecular weight excluding hydrogens is 230 g/mol. The Morgan fingerprint density at radius 3 is 2.89 bits per heavy atom. The SMILES string of the molecule is CCc1occc1C(N)c1c(OC)cnn1CC. The van der Waals surface area contributed by atoms with Crippen molar-refractivity contribution in [2.75, 3.05) is 7.11 Å². The Bertz CT molecular complexity index is 495. The van der Waals surface area contributed by atoms with Crippen LogP contribution in [0, 0.1) is 0 Å². The van der Waals surface area contributed by atoms with Crippen molar-refractivity contribution in [2.45, 2.75) is 32.9 Å². The maximum Gasteiger partial charge on any atom is 0.161 e. The van der Waals surface area contributed by atoms with E-state index in [1.54, 1.807) is 19.6 Å². The Morgan fingerprint density at radius 1 is 1.50 bits per heavy atom. The maximum absolute atomic E-state index is 6.33. The van der Waals surface area contributed by atoms with Crippen LogP contribution in [0.4, 0.5) is 0 Å². The number of rotatable bonds is 5. The van der Waals surface area contributed by atoms with Crippen molar-refractivity contribution in [1.82, 2.24) is 9.78 Å². The molecule has 0 bridgehead atoms. The van der Waals surface area contributed by atoms with Crippen molar-refractivity contribution >= 4 is 0 Å². The zero-order valence-electron chi connectivity index (χ0n) is 11.0. The summed E-state index contributed by atoms with van der Waals surface area (Å²) in [6.07, 6.45) is 4.19. The Hall–Kier alpha value is -1.75. The van der Waals surface area contributed by atoms with E-state index in [9.17, 15) is 0 Å². The molecule has 98 valence electrons. The summed E-state index contributed by atoms with van der Waals surface area (Å²) in [5.74, 6) is 1.63. The van der Waals surface area contributed by atoms with E-state index < -0.39 is 0 Å². The summed E-state index contributed by atoms with van der Waals surface area (Å²) in [4.78, 5) is 0. The smallest absolute Gasteiger partial charge is 0.161 e. The average molecular weight is 249 g/mol. The van der Waals surface area contributed by atoms with E-state index in [2.05, 4.69) is 5.10 Å². The van der Waals surface area contributed by atoms with E-state index in [0.717, 1.165) is 30.0 Å². The fourth-order valence-electron chi connectivity index (χ4n) is 2.16. The van der Waals surface area contributed by atoms with E-state index >= 15 is 0 Å². The quantitative estimate of drug-likeness (QED) is 0.881. The molecule has 5 nitrogen and oxygen atoms in total. The predicted molar refractivity (Wildman–Crippen MR) is 68.6 cm³/mol. The molecule has 0 aliphatic heterocycles. The lowest BCUT2D eigenvalue weighted by Gasteiger charge is -2.15. The van der Waals surface area contributed by atoms with Crippen LogP contribution < -0.4 is 10.5 Å². The molecule has 1 unspecified atom stereocenters. The first-order valence-corrected chi connectivity index (χ1v) is 6.14. The molecule has 1 atom stereocenters. The summed E-state index contributed by atoms with van der Waals surface area (Å²) < 4.78 is 12.6. The molecule has 0 aliphatic rings. The molecule has 2 rings (SSSR count). The van der Waals surface area contributed by atoms with Gasteiger partial charge >= 0.3 is 0 Å². The Labute approximate surface area is 107 Å². The maximum atomic E-state index is 6.33. The first-order valence-electron chi connectivity index (χ1n) is 6.14. The normalized spacial score (nSPS) is 12.7. The van der Waals surface area contributed by atoms with Gasteiger partial charge in [-0.15, -0.1) is 0 Å². The second-order valence-corrected chi connectivity index (χ2v) is 4.04. The molecule has 2 N–H and O–H groups in total. The van der Waals surface area contributed by atoms with Crippen LogP contribution in [0.15, 0.2) is 22.9 Å². The van der Waals surface area contributed by atoms with Crippen LogP contribution in [0.3, 0.4) is 0 Å². The molecule has 18 heavy (non-hydrogen) atoms. The third-order valence-corrected chi connectivity index (χ3v) is 3.09. The van der Waals surface area contributed by atoms with E-state index in [4.69, 9.17) is 14.9 Å². The molecule has 0 fully saturated rings.